The van der Waals surface area contributed by atoms with Gasteiger partial charge >= 0.3 is 0 Å². The van der Waals surface area contributed by atoms with E-state index in [1.165, 1.54) is 25.9 Å². The Bertz CT molecular complexity index is 406. The molecule has 1 aromatic heterocycles. The molecular weight excluding hydrogens is 262 g/mol. The van der Waals surface area contributed by atoms with Gasteiger partial charge in [-0.15, -0.1) is 0 Å². The zero-order valence-corrected chi connectivity index (χ0v) is 14.1. The summed E-state index contributed by atoms with van der Waals surface area (Å²) in [5, 5.41) is 7.56. The maximum absolute atomic E-state index is 5.47. The van der Waals surface area contributed by atoms with Crippen molar-refractivity contribution in [2.75, 3.05) is 19.6 Å². The lowest BCUT2D eigenvalue weighted by Crippen LogP contribution is -2.34. The molecule has 1 N–H and O–H groups in total. The van der Waals surface area contributed by atoms with Crippen LogP contribution in [0.2, 0.25) is 0 Å². The first-order valence-electron chi connectivity index (χ1n) is 8.42. The Kier molecular flexibility index (Phi) is 6.24. The number of nitrogens with zero attached hydrogens (tertiary/aromatic N) is 2. The summed E-state index contributed by atoms with van der Waals surface area (Å²) in [5.41, 5.74) is 1.02. The molecule has 4 heteroatoms. The van der Waals surface area contributed by atoms with Crippen LogP contribution in [-0.2, 0) is 13.1 Å². The van der Waals surface area contributed by atoms with Gasteiger partial charge in [0.25, 0.3) is 0 Å². The molecule has 2 heterocycles. The zero-order chi connectivity index (χ0) is 15.2. The first-order chi connectivity index (χ1) is 10.0. The minimum Gasteiger partial charge on any atom is -0.360 e. The van der Waals surface area contributed by atoms with Crippen LogP contribution in [0.15, 0.2) is 10.6 Å². The highest BCUT2D eigenvalue weighted by Gasteiger charge is 2.22. The van der Waals surface area contributed by atoms with Crippen LogP contribution in [0.5, 0.6) is 0 Å². The van der Waals surface area contributed by atoms with Crippen LogP contribution in [0.4, 0.5) is 0 Å². The summed E-state index contributed by atoms with van der Waals surface area (Å²) in [6.45, 7) is 14.2. The average molecular weight is 293 g/mol. The standard InChI is InChI=1S/C17H31N3O/c1-13(2)10-18-11-16-9-17(21-19-16)12-20-7-5-15(6-8-20)14(3)4/h9,13-15,18H,5-8,10-12H2,1-4H3. The van der Waals surface area contributed by atoms with E-state index in [0.29, 0.717) is 5.92 Å². The second-order valence-corrected chi connectivity index (χ2v) is 7.17. The van der Waals surface area contributed by atoms with E-state index >= 15 is 0 Å². The van der Waals surface area contributed by atoms with E-state index in [0.717, 1.165) is 42.9 Å². The van der Waals surface area contributed by atoms with E-state index in [4.69, 9.17) is 4.52 Å². The Hall–Kier alpha value is -0.870. The molecule has 2 rings (SSSR count). The van der Waals surface area contributed by atoms with Gasteiger partial charge < -0.3 is 9.84 Å². The second-order valence-electron chi connectivity index (χ2n) is 7.17. The predicted octanol–water partition coefficient (Wildman–Crippen LogP) is 3.29. The third-order valence-electron chi connectivity index (χ3n) is 4.42. The molecule has 0 aromatic carbocycles. The summed E-state index contributed by atoms with van der Waals surface area (Å²) in [5.74, 6) is 3.38. The third-order valence-corrected chi connectivity index (χ3v) is 4.42. The van der Waals surface area contributed by atoms with Gasteiger partial charge in [0.05, 0.1) is 12.2 Å². The fourth-order valence-electron chi connectivity index (χ4n) is 3.00. The lowest BCUT2D eigenvalue weighted by Gasteiger charge is -2.33. The normalized spacial score (nSPS) is 18.0. The molecule has 1 saturated heterocycles. The first-order valence-corrected chi connectivity index (χ1v) is 8.42. The first kappa shape index (κ1) is 16.5. The van der Waals surface area contributed by atoms with Crippen LogP contribution < -0.4 is 5.32 Å². The van der Waals surface area contributed by atoms with E-state index in [-0.39, 0.29) is 0 Å². The largest absolute Gasteiger partial charge is 0.360 e. The van der Waals surface area contributed by atoms with E-state index < -0.39 is 0 Å². The van der Waals surface area contributed by atoms with Gasteiger partial charge in [-0.25, -0.2) is 0 Å². The molecule has 4 nitrogen and oxygen atoms in total. The Morgan fingerprint density at radius 2 is 2.00 bits per heavy atom. The molecule has 0 saturated carbocycles. The van der Waals surface area contributed by atoms with Crippen LogP contribution in [0.1, 0.15) is 52.0 Å². The lowest BCUT2D eigenvalue weighted by molar-refractivity contribution is 0.140. The molecule has 120 valence electrons. The highest BCUT2D eigenvalue weighted by atomic mass is 16.5. The smallest absolute Gasteiger partial charge is 0.151 e. The van der Waals surface area contributed by atoms with Crippen molar-refractivity contribution in [2.24, 2.45) is 17.8 Å². The molecule has 0 radical (unpaired) electrons. The van der Waals surface area contributed by atoms with E-state index in [2.05, 4.69) is 49.1 Å². The van der Waals surface area contributed by atoms with Gasteiger partial charge in [0.15, 0.2) is 5.76 Å². The molecule has 21 heavy (non-hydrogen) atoms. The van der Waals surface area contributed by atoms with E-state index in [1.54, 1.807) is 0 Å². The van der Waals surface area contributed by atoms with Gasteiger partial charge in [0, 0.05) is 12.6 Å². The van der Waals surface area contributed by atoms with Gasteiger partial charge in [-0.3, -0.25) is 4.90 Å². The van der Waals surface area contributed by atoms with Crippen LogP contribution >= 0.6 is 0 Å². The number of aromatic nitrogens is 1. The van der Waals surface area contributed by atoms with Crippen LogP contribution in [0.3, 0.4) is 0 Å². The fraction of sp³-hybridized carbons (Fsp3) is 0.824. The minimum absolute atomic E-state index is 0.665. The van der Waals surface area contributed by atoms with Gasteiger partial charge in [-0.1, -0.05) is 32.9 Å². The molecule has 0 aliphatic carbocycles. The quantitative estimate of drug-likeness (QED) is 0.837. The Balaban J connectivity index is 1.73. The summed E-state index contributed by atoms with van der Waals surface area (Å²) < 4.78 is 5.47. The molecule has 1 aliphatic heterocycles. The number of rotatable bonds is 7. The van der Waals surface area contributed by atoms with Crippen molar-refractivity contribution in [1.82, 2.24) is 15.4 Å². The average Bonchev–Trinajstić information content (AvgIpc) is 2.86. The number of hydrogen-bond acceptors (Lipinski definition) is 4. The molecule has 1 fully saturated rings. The highest BCUT2D eigenvalue weighted by molar-refractivity contribution is 5.05. The predicted molar refractivity (Wildman–Crippen MR) is 85.9 cm³/mol. The number of nitrogens with one attached hydrogen (secondary N) is 1. The number of piperidine rings is 1. The van der Waals surface area contributed by atoms with Gasteiger partial charge in [0.2, 0.25) is 0 Å². The topological polar surface area (TPSA) is 41.3 Å². The monoisotopic (exact) mass is 293 g/mol. The SMILES string of the molecule is CC(C)CNCc1cc(CN2CCC(C(C)C)CC2)on1. The van der Waals surface area contributed by atoms with Crippen molar-refractivity contribution in [3.8, 4) is 0 Å². The summed E-state index contributed by atoms with van der Waals surface area (Å²) in [6.07, 6.45) is 2.63. The fourth-order valence-corrected chi connectivity index (χ4v) is 3.00. The van der Waals surface area contributed by atoms with Crippen molar-refractivity contribution in [3.05, 3.63) is 17.5 Å². The molecular formula is C17H31N3O. The number of likely N-dealkylation sites (tertiary alicyclic amines) is 1. The van der Waals surface area contributed by atoms with Crippen molar-refractivity contribution >= 4 is 0 Å². The molecule has 0 amide bonds. The number of hydrogen-bond donors (Lipinski definition) is 1. The molecule has 0 atom stereocenters. The molecule has 0 unspecified atom stereocenters. The van der Waals surface area contributed by atoms with Crippen molar-refractivity contribution in [3.63, 3.8) is 0 Å². The Labute approximate surface area is 129 Å². The van der Waals surface area contributed by atoms with Gasteiger partial charge in [-0.2, -0.15) is 0 Å². The third kappa shape index (κ3) is 5.44. The Morgan fingerprint density at radius 3 is 2.62 bits per heavy atom. The highest BCUT2D eigenvalue weighted by Crippen LogP contribution is 2.25. The van der Waals surface area contributed by atoms with Crippen LogP contribution in [0, 0.1) is 17.8 Å². The van der Waals surface area contributed by atoms with Crippen LogP contribution in [0.25, 0.3) is 0 Å². The Morgan fingerprint density at radius 1 is 1.29 bits per heavy atom. The van der Waals surface area contributed by atoms with Crippen molar-refractivity contribution in [1.29, 1.82) is 0 Å². The summed E-state index contributed by atoms with van der Waals surface area (Å²) in [7, 11) is 0. The van der Waals surface area contributed by atoms with Gasteiger partial charge in [0.1, 0.15) is 0 Å². The second kappa shape index (κ2) is 7.95. The van der Waals surface area contributed by atoms with E-state index in [9.17, 15) is 0 Å². The lowest BCUT2D eigenvalue weighted by atomic mass is 9.87. The van der Waals surface area contributed by atoms with Crippen molar-refractivity contribution in [2.45, 2.75) is 53.6 Å². The minimum atomic E-state index is 0.665. The maximum Gasteiger partial charge on any atom is 0.151 e. The molecule has 1 aromatic rings. The molecule has 0 bridgehead atoms. The van der Waals surface area contributed by atoms with Crippen LogP contribution in [-0.4, -0.2) is 29.7 Å². The summed E-state index contributed by atoms with van der Waals surface area (Å²) in [6, 6.07) is 2.10. The molecule has 1 aliphatic rings. The van der Waals surface area contributed by atoms with E-state index in [1.807, 2.05) is 0 Å². The van der Waals surface area contributed by atoms with Crippen molar-refractivity contribution < 1.29 is 4.52 Å². The summed E-state index contributed by atoms with van der Waals surface area (Å²) >= 11 is 0. The maximum atomic E-state index is 5.47. The van der Waals surface area contributed by atoms with Gasteiger partial charge in [-0.05, 0) is 50.2 Å². The zero-order valence-electron chi connectivity index (χ0n) is 14.1. The molecule has 0 spiro atoms. The summed E-state index contributed by atoms with van der Waals surface area (Å²) in [4.78, 5) is 2.49.